The molecule has 32 heavy (non-hydrogen) atoms. The largest absolute Gasteiger partial charge is 0.496 e. The number of esters is 2. The summed E-state index contributed by atoms with van der Waals surface area (Å²) in [5, 5.41) is 0.929. The number of aromatic amines is 1. The molecule has 0 aliphatic heterocycles. The summed E-state index contributed by atoms with van der Waals surface area (Å²) in [5.74, 6) is -0.191. The van der Waals surface area contributed by atoms with Gasteiger partial charge >= 0.3 is 11.9 Å². The Labute approximate surface area is 185 Å². The van der Waals surface area contributed by atoms with Crippen LogP contribution in [0.25, 0.3) is 10.9 Å². The first-order chi connectivity index (χ1) is 15.6. The molecule has 1 heterocycles. The number of ether oxygens (including phenoxy) is 3. The average Bonchev–Trinajstić information content (AvgIpc) is 3.24. The fourth-order valence-electron chi connectivity index (χ4n) is 3.60. The van der Waals surface area contributed by atoms with Crippen LogP contribution in [-0.2, 0) is 22.5 Å². The minimum absolute atomic E-state index is 0.224. The predicted octanol–water partition coefficient (Wildman–Crippen LogP) is 4.91. The van der Waals surface area contributed by atoms with Gasteiger partial charge in [-0.3, -0.25) is 0 Å². The molecule has 0 bridgehead atoms. The van der Waals surface area contributed by atoms with Crippen molar-refractivity contribution in [2.24, 2.45) is 0 Å². The van der Waals surface area contributed by atoms with Crippen LogP contribution in [0, 0.1) is 0 Å². The van der Waals surface area contributed by atoms with Gasteiger partial charge in [-0.25, -0.2) is 9.59 Å². The van der Waals surface area contributed by atoms with Crippen molar-refractivity contribution >= 4 is 22.8 Å². The van der Waals surface area contributed by atoms with Gasteiger partial charge in [0.15, 0.2) is 0 Å². The normalized spacial score (nSPS) is 10.7. The molecule has 0 aliphatic carbocycles. The number of carbonyl (C=O) groups excluding carboxylic acids is 2. The standard InChI is InChI=1S/C26H23NO5/c1-30-24-14-20(25(28)31-2)9-8-18(24)12-21-15-27-23-11-10-19(13-22(21)23)26(29)32-16-17-6-4-3-5-7-17/h3-11,13-15,27H,12,16H2,1-2H3. The van der Waals surface area contributed by atoms with Gasteiger partial charge in [0.1, 0.15) is 12.4 Å². The minimum Gasteiger partial charge on any atom is -0.496 e. The van der Waals surface area contributed by atoms with Crippen molar-refractivity contribution in [2.75, 3.05) is 14.2 Å². The van der Waals surface area contributed by atoms with E-state index >= 15 is 0 Å². The first-order valence-electron chi connectivity index (χ1n) is 10.2. The third kappa shape index (κ3) is 4.49. The van der Waals surface area contributed by atoms with Crippen molar-refractivity contribution < 1.29 is 23.8 Å². The molecule has 4 rings (SSSR count). The second kappa shape index (κ2) is 9.39. The number of hydrogen-bond donors (Lipinski definition) is 1. The molecule has 0 fully saturated rings. The molecule has 162 valence electrons. The lowest BCUT2D eigenvalue weighted by Crippen LogP contribution is -2.05. The fraction of sp³-hybridized carbons (Fsp3) is 0.154. The van der Waals surface area contributed by atoms with Gasteiger partial charge in [0.05, 0.1) is 25.3 Å². The van der Waals surface area contributed by atoms with E-state index in [1.807, 2.05) is 54.7 Å². The van der Waals surface area contributed by atoms with Crippen molar-refractivity contribution in [1.82, 2.24) is 4.98 Å². The van der Waals surface area contributed by atoms with Gasteiger partial charge < -0.3 is 19.2 Å². The number of H-pyrrole nitrogens is 1. The van der Waals surface area contributed by atoms with E-state index < -0.39 is 5.97 Å². The average molecular weight is 429 g/mol. The fourth-order valence-corrected chi connectivity index (χ4v) is 3.60. The summed E-state index contributed by atoms with van der Waals surface area (Å²) in [6.45, 7) is 0.224. The lowest BCUT2D eigenvalue weighted by atomic mass is 10.0. The van der Waals surface area contributed by atoms with Crippen LogP contribution in [0.4, 0.5) is 0 Å². The van der Waals surface area contributed by atoms with Crippen LogP contribution < -0.4 is 4.74 Å². The molecule has 1 aromatic heterocycles. The van der Waals surface area contributed by atoms with E-state index in [0.29, 0.717) is 23.3 Å². The van der Waals surface area contributed by atoms with Crippen LogP contribution in [0.15, 0.2) is 72.9 Å². The van der Waals surface area contributed by atoms with Crippen LogP contribution in [0.2, 0.25) is 0 Å². The number of methoxy groups -OCH3 is 2. The van der Waals surface area contributed by atoms with Crippen LogP contribution in [0.5, 0.6) is 5.75 Å². The zero-order chi connectivity index (χ0) is 22.5. The van der Waals surface area contributed by atoms with Gasteiger partial charge in [-0.05, 0) is 47.0 Å². The number of aromatic nitrogens is 1. The Morgan fingerprint density at radius 2 is 1.59 bits per heavy atom. The van der Waals surface area contributed by atoms with Crippen LogP contribution >= 0.6 is 0 Å². The zero-order valence-electron chi connectivity index (χ0n) is 17.9. The molecule has 3 aromatic carbocycles. The molecule has 4 aromatic rings. The number of benzene rings is 3. The summed E-state index contributed by atoms with van der Waals surface area (Å²) in [6, 6.07) is 20.3. The molecule has 0 saturated heterocycles. The van der Waals surface area contributed by atoms with E-state index in [4.69, 9.17) is 14.2 Å². The SMILES string of the molecule is COC(=O)c1ccc(Cc2c[nH]c3ccc(C(=O)OCc4ccccc4)cc23)c(OC)c1. The zero-order valence-corrected chi connectivity index (χ0v) is 17.9. The third-order valence-corrected chi connectivity index (χ3v) is 5.30. The quantitative estimate of drug-likeness (QED) is 0.422. The predicted molar refractivity (Wildman–Crippen MR) is 121 cm³/mol. The molecule has 1 N–H and O–H groups in total. The van der Waals surface area contributed by atoms with Gasteiger partial charge in [0.25, 0.3) is 0 Å². The first kappa shape index (κ1) is 21.2. The molecule has 0 unspecified atom stereocenters. The highest BCUT2D eigenvalue weighted by molar-refractivity contribution is 5.96. The van der Waals surface area contributed by atoms with Crippen LogP contribution in [-0.4, -0.2) is 31.1 Å². The molecule has 0 spiro atoms. The maximum Gasteiger partial charge on any atom is 0.338 e. The molecule has 6 heteroatoms. The van der Waals surface area contributed by atoms with E-state index in [1.165, 1.54) is 7.11 Å². The molecule has 0 amide bonds. The van der Waals surface area contributed by atoms with E-state index in [-0.39, 0.29) is 12.6 Å². The van der Waals surface area contributed by atoms with Gasteiger partial charge in [0, 0.05) is 23.5 Å². The number of carbonyl (C=O) groups is 2. The molecular formula is C26H23NO5. The topological polar surface area (TPSA) is 77.6 Å². The van der Waals surface area contributed by atoms with E-state index in [1.54, 1.807) is 25.3 Å². The van der Waals surface area contributed by atoms with Crippen molar-refractivity contribution in [3.8, 4) is 5.75 Å². The summed E-state index contributed by atoms with van der Waals surface area (Å²) in [7, 11) is 2.91. The Kier molecular flexibility index (Phi) is 6.22. The highest BCUT2D eigenvalue weighted by atomic mass is 16.5. The first-order valence-corrected chi connectivity index (χ1v) is 10.2. The van der Waals surface area contributed by atoms with Gasteiger partial charge in [-0.2, -0.15) is 0 Å². The van der Waals surface area contributed by atoms with Crippen molar-refractivity contribution in [3.63, 3.8) is 0 Å². The maximum atomic E-state index is 12.6. The highest BCUT2D eigenvalue weighted by Crippen LogP contribution is 2.28. The van der Waals surface area contributed by atoms with Crippen molar-refractivity contribution in [2.45, 2.75) is 13.0 Å². The Morgan fingerprint density at radius 1 is 0.844 bits per heavy atom. The highest BCUT2D eigenvalue weighted by Gasteiger charge is 2.15. The van der Waals surface area contributed by atoms with E-state index in [2.05, 4.69) is 4.98 Å². The van der Waals surface area contributed by atoms with Gasteiger partial charge in [-0.1, -0.05) is 36.4 Å². The van der Waals surface area contributed by atoms with E-state index in [0.717, 1.165) is 27.6 Å². The Balaban J connectivity index is 1.56. The molecular weight excluding hydrogens is 406 g/mol. The van der Waals surface area contributed by atoms with Crippen molar-refractivity contribution in [1.29, 1.82) is 0 Å². The number of hydrogen-bond acceptors (Lipinski definition) is 5. The summed E-state index contributed by atoms with van der Waals surface area (Å²) in [6.07, 6.45) is 2.48. The Morgan fingerprint density at radius 3 is 2.34 bits per heavy atom. The van der Waals surface area contributed by atoms with Gasteiger partial charge in [0.2, 0.25) is 0 Å². The monoisotopic (exact) mass is 429 g/mol. The summed E-state index contributed by atoms with van der Waals surface area (Å²) in [4.78, 5) is 27.6. The molecule has 6 nitrogen and oxygen atoms in total. The number of fused-ring (bicyclic) bond motifs is 1. The summed E-state index contributed by atoms with van der Waals surface area (Å²) < 4.78 is 15.7. The lowest BCUT2D eigenvalue weighted by Gasteiger charge is -2.10. The molecule has 0 saturated carbocycles. The minimum atomic E-state index is -0.416. The second-order valence-corrected chi connectivity index (χ2v) is 7.33. The summed E-state index contributed by atoms with van der Waals surface area (Å²) in [5.41, 5.74) is 4.69. The molecule has 0 radical (unpaired) electrons. The second-order valence-electron chi connectivity index (χ2n) is 7.33. The molecule has 0 atom stereocenters. The van der Waals surface area contributed by atoms with E-state index in [9.17, 15) is 9.59 Å². The third-order valence-electron chi connectivity index (χ3n) is 5.30. The van der Waals surface area contributed by atoms with Gasteiger partial charge in [-0.15, -0.1) is 0 Å². The maximum absolute atomic E-state index is 12.6. The lowest BCUT2D eigenvalue weighted by molar-refractivity contribution is 0.0472. The number of nitrogens with one attached hydrogen (secondary N) is 1. The van der Waals surface area contributed by atoms with Crippen molar-refractivity contribution in [3.05, 3.63) is 101 Å². The Hall–Kier alpha value is -4.06. The van der Waals surface area contributed by atoms with Crippen LogP contribution in [0.1, 0.15) is 37.4 Å². The number of rotatable bonds is 7. The summed E-state index contributed by atoms with van der Waals surface area (Å²) >= 11 is 0. The van der Waals surface area contributed by atoms with Crippen LogP contribution in [0.3, 0.4) is 0 Å². The Bertz CT molecular complexity index is 1260. The smallest absolute Gasteiger partial charge is 0.338 e. The molecule has 0 aliphatic rings.